The molecule has 1 aromatic carbocycles. The molecule has 0 saturated carbocycles. The highest BCUT2D eigenvalue weighted by Gasteiger charge is 2.11. The number of hydrogen-bond acceptors (Lipinski definition) is 2. The van der Waals surface area contributed by atoms with Crippen molar-refractivity contribution in [1.82, 2.24) is 0 Å². The number of rotatable bonds is 3. The predicted octanol–water partition coefficient (Wildman–Crippen LogP) is 0.820. The summed E-state index contributed by atoms with van der Waals surface area (Å²) < 4.78 is 23.1. The zero-order valence-corrected chi connectivity index (χ0v) is 10.8. The molecule has 70 valence electrons. The molecule has 0 heterocycles. The lowest BCUT2D eigenvalue weighted by Crippen LogP contribution is -2.05. The Kier molecular flexibility index (Phi) is 3.55. The van der Waals surface area contributed by atoms with Crippen molar-refractivity contribution in [3.8, 4) is 0 Å². The van der Waals surface area contributed by atoms with Crippen LogP contribution in [0.15, 0.2) is 29.2 Å². The molecule has 0 fully saturated rings. The largest absolute Gasteiger partial charge is 0.224 e. The summed E-state index contributed by atoms with van der Waals surface area (Å²) in [5, 5.41) is 0.802. The van der Waals surface area contributed by atoms with Crippen LogP contribution in [0.3, 0.4) is 0 Å². The summed E-state index contributed by atoms with van der Waals surface area (Å²) in [6, 6.07) is 7.03. The highest BCUT2D eigenvalue weighted by molar-refractivity contribution is 7.91. The van der Waals surface area contributed by atoms with E-state index in [-0.39, 0.29) is 0 Å². The van der Waals surface area contributed by atoms with Gasteiger partial charge < -0.3 is 0 Å². The zero-order valence-electron chi connectivity index (χ0n) is 7.95. The van der Waals surface area contributed by atoms with Crippen LogP contribution in [0.2, 0.25) is 5.28 Å². The Balaban J connectivity index is 3.02. The molecule has 4 heteroatoms. The summed E-state index contributed by atoms with van der Waals surface area (Å²) in [6.07, 6.45) is 0. The maximum atomic E-state index is 11.6. The summed E-state index contributed by atoms with van der Waals surface area (Å²) in [5.41, 5.74) is 1.09. The number of hydrogen-bond donors (Lipinski definition) is 0. The highest BCUT2D eigenvalue weighted by atomic mass is 32.2. The molecule has 0 aliphatic heterocycles. The van der Waals surface area contributed by atoms with Crippen molar-refractivity contribution in [3.05, 3.63) is 29.8 Å². The van der Waals surface area contributed by atoms with Crippen molar-refractivity contribution in [2.45, 2.75) is 17.1 Å². The maximum Gasteiger partial charge on any atom is 0.213 e. The normalized spacial score (nSPS) is 11.5. The van der Waals surface area contributed by atoms with Crippen LogP contribution in [0.4, 0.5) is 0 Å². The Bertz CT molecular complexity index is 367. The van der Waals surface area contributed by atoms with Crippen LogP contribution in [0, 0.1) is 6.92 Å². The summed E-state index contributed by atoms with van der Waals surface area (Å²) in [4.78, 5) is 0.453. The van der Waals surface area contributed by atoms with E-state index in [0.29, 0.717) is 10.6 Å². The third kappa shape index (κ3) is 2.84. The van der Waals surface area contributed by atoms with Gasteiger partial charge in [-0.3, -0.25) is 0 Å². The standard InChI is InChI=1S/C9H11O2S.Al.2H/c1-3-12(10,11)9-6-4-8(2)5-7-9;;;/h4-7H,1,3H2,2H3;;;. The molecule has 0 aliphatic rings. The van der Waals surface area contributed by atoms with Gasteiger partial charge in [0.25, 0.3) is 0 Å². The van der Waals surface area contributed by atoms with Crippen molar-refractivity contribution in [2.75, 3.05) is 5.75 Å². The van der Waals surface area contributed by atoms with E-state index >= 15 is 0 Å². The number of sulfone groups is 1. The first-order valence-electron chi connectivity index (χ1n) is 4.35. The minimum Gasteiger partial charge on any atom is -0.224 e. The summed E-state index contributed by atoms with van der Waals surface area (Å²) in [7, 11) is -2.99. The van der Waals surface area contributed by atoms with E-state index in [1.165, 1.54) is 0 Å². The molecule has 0 saturated heterocycles. The molecule has 0 bridgehead atoms. The molecule has 0 atom stereocenters. The van der Waals surface area contributed by atoms with Crippen LogP contribution in [0.5, 0.6) is 0 Å². The average molecular weight is 212 g/mol. The molecule has 13 heavy (non-hydrogen) atoms. The van der Waals surface area contributed by atoms with Gasteiger partial charge in [0.1, 0.15) is 0 Å². The molecule has 0 unspecified atom stereocenters. The molecule has 0 aromatic heterocycles. The second kappa shape index (κ2) is 4.28. The molecule has 0 N–H and O–H groups in total. The lowest BCUT2D eigenvalue weighted by Gasteiger charge is -2.02. The molecule has 0 amide bonds. The van der Waals surface area contributed by atoms with E-state index in [9.17, 15) is 8.42 Å². The van der Waals surface area contributed by atoms with Crippen LogP contribution < -0.4 is 0 Å². The number of aryl methyl sites for hydroxylation is 1. The van der Waals surface area contributed by atoms with Gasteiger partial charge in [-0.15, -0.1) is 0 Å². The second-order valence-electron chi connectivity index (χ2n) is 3.13. The van der Waals surface area contributed by atoms with Gasteiger partial charge in [0.15, 0.2) is 9.84 Å². The molecule has 0 aliphatic carbocycles. The number of benzene rings is 1. The van der Waals surface area contributed by atoms with E-state index in [4.69, 9.17) is 0 Å². The van der Waals surface area contributed by atoms with Gasteiger partial charge in [-0.1, -0.05) is 23.0 Å². The quantitative estimate of drug-likeness (QED) is 0.695. The summed E-state index contributed by atoms with van der Waals surface area (Å²) in [6.45, 7) is 1.95. The van der Waals surface area contributed by atoms with Gasteiger partial charge in [0, 0.05) is 5.75 Å². The van der Waals surface area contributed by atoms with Crippen molar-refractivity contribution in [2.24, 2.45) is 0 Å². The van der Waals surface area contributed by atoms with Gasteiger partial charge in [-0.05, 0) is 19.1 Å². The Morgan fingerprint density at radius 1 is 1.23 bits per heavy atom. The topological polar surface area (TPSA) is 34.1 Å². The lowest BCUT2D eigenvalue weighted by molar-refractivity contribution is 0.597. The molecule has 1 rings (SSSR count). The van der Waals surface area contributed by atoms with E-state index in [1.807, 2.05) is 19.1 Å². The molecular formula is C9H13AlO2S. The fraction of sp³-hybridized carbons (Fsp3) is 0.333. The van der Waals surface area contributed by atoms with Crippen LogP contribution in [-0.2, 0) is 9.84 Å². The maximum absolute atomic E-state index is 11.6. The SMILES string of the molecule is Cc1ccc(S(=O)(=O)C[CH2][AlH2])cc1. The fourth-order valence-corrected chi connectivity index (χ4v) is 4.07. The van der Waals surface area contributed by atoms with Crippen LogP contribution in [0.1, 0.15) is 5.56 Å². The summed E-state index contributed by atoms with van der Waals surface area (Å²) >= 11 is 0.940. The van der Waals surface area contributed by atoms with Crippen molar-refractivity contribution < 1.29 is 8.42 Å². The van der Waals surface area contributed by atoms with E-state index < -0.39 is 9.84 Å². The minimum atomic E-state index is -2.99. The molecule has 2 nitrogen and oxygen atoms in total. The van der Waals surface area contributed by atoms with Crippen LogP contribution >= 0.6 is 0 Å². The minimum absolute atomic E-state index is 0.294. The third-order valence-electron chi connectivity index (χ3n) is 1.85. The first kappa shape index (κ1) is 10.8. The first-order chi connectivity index (χ1) is 6.06. The van der Waals surface area contributed by atoms with E-state index in [2.05, 4.69) is 0 Å². The van der Waals surface area contributed by atoms with E-state index in [1.54, 1.807) is 12.1 Å². The van der Waals surface area contributed by atoms with Crippen LogP contribution in [0.25, 0.3) is 0 Å². The van der Waals surface area contributed by atoms with Crippen LogP contribution in [-0.4, -0.2) is 30.5 Å². The predicted molar refractivity (Wildman–Crippen MR) is 56.6 cm³/mol. The Hall–Kier alpha value is -0.298. The fourth-order valence-electron chi connectivity index (χ4n) is 1.13. The third-order valence-corrected chi connectivity index (χ3v) is 5.01. The average Bonchev–Trinajstić information content (AvgIpc) is 2.05. The van der Waals surface area contributed by atoms with Gasteiger partial charge >= 0.3 is 0 Å². The van der Waals surface area contributed by atoms with Gasteiger partial charge in [-0.2, -0.15) is 0 Å². The van der Waals surface area contributed by atoms with Gasteiger partial charge in [-0.25, -0.2) is 8.42 Å². The Labute approximate surface area is 87.3 Å². The Morgan fingerprint density at radius 2 is 1.77 bits per heavy atom. The van der Waals surface area contributed by atoms with Crippen molar-refractivity contribution in [3.63, 3.8) is 0 Å². The summed E-state index contributed by atoms with van der Waals surface area (Å²) in [5.74, 6) is 0.294. The molecule has 0 spiro atoms. The lowest BCUT2D eigenvalue weighted by atomic mass is 10.2. The molecule has 1 aromatic rings. The molecular weight excluding hydrogens is 199 g/mol. The monoisotopic (exact) mass is 212 g/mol. The van der Waals surface area contributed by atoms with E-state index in [0.717, 1.165) is 27.1 Å². The second-order valence-corrected chi connectivity index (χ2v) is 6.24. The van der Waals surface area contributed by atoms with Crippen molar-refractivity contribution in [1.29, 1.82) is 0 Å². The van der Waals surface area contributed by atoms with Gasteiger partial charge in [0.2, 0.25) is 16.3 Å². The Morgan fingerprint density at radius 3 is 2.23 bits per heavy atom. The van der Waals surface area contributed by atoms with Crippen molar-refractivity contribution >= 4 is 26.1 Å². The first-order valence-corrected chi connectivity index (χ1v) is 7.42. The van der Waals surface area contributed by atoms with Gasteiger partial charge in [0.05, 0.1) is 4.90 Å². The smallest absolute Gasteiger partial charge is 0.213 e. The molecule has 0 radical (unpaired) electrons. The zero-order chi connectivity index (χ0) is 9.90. The highest BCUT2D eigenvalue weighted by Crippen LogP contribution is 2.12.